The fraction of sp³-hybridized carbons (Fsp3) is 0.500. The lowest BCUT2D eigenvalue weighted by atomic mass is 10.2. The summed E-state index contributed by atoms with van der Waals surface area (Å²) >= 11 is 1.88. The van der Waals surface area contributed by atoms with Gasteiger partial charge < -0.3 is 0 Å². The van der Waals surface area contributed by atoms with Crippen LogP contribution in [0, 0.1) is 0 Å². The lowest BCUT2D eigenvalue weighted by molar-refractivity contribution is 0.915. The van der Waals surface area contributed by atoms with Crippen LogP contribution in [0.4, 0.5) is 0 Å². The molecule has 0 bridgehead atoms. The Balaban J connectivity index is 1.71. The quantitative estimate of drug-likeness (QED) is 0.863. The van der Waals surface area contributed by atoms with Gasteiger partial charge in [0, 0.05) is 10.8 Å². The van der Waals surface area contributed by atoms with Crippen LogP contribution in [-0.2, 0) is 12.8 Å². The largest absolute Gasteiger partial charge is 0.262 e. The highest BCUT2D eigenvalue weighted by Crippen LogP contribution is 2.40. The fourth-order valence-electron chi connectivity index (χ4n) is 2.36. The number of hydrogen-bond acceptors (Lipinski definition) is 3. The third-order valence-electron chi connectivity index (χ3n) is 3.43. The van der Waals surface area contributed by atoms with Gasteiger partial charge in [-0.2, -0.15) is 5.10 Å². The molecule has 0 atom stereocenters. The van der Waals surface area contributed by atoms with Crippen LogP contribution in [0.3, 0.4) is 0 Å². The second-order valence-electron chi connectivity index (χ2n) is 4.73. The van der Waals surface area contributed by atoms with Crippen LogP contribution >= 0.6 is 11.3 Å². The molecule has 0 aromatic carbocycles. The lowest BCUT2D eigenvalue weighted by Crippen LogP contribution is -1.80. The zero-order valence-electron chi connectivity index (χ0n) is 8.99. The van der Waals surface area contributed by atoms with Crippen molar-refractivity contribution in [1.82, 2.24) is 15.2 Å². The molecule has 1 fully saturated rings. The van der Waals surface area contributed by atoms with E-state index < -0.39 is 0 Å². The Bertz CT molecular complexity index is 515. The third kappa shape index (κ3) is 1.33. The number of H-pyrrole nitrogens is 1. The van der Waals surface area contributed by atoms with E-state index in [1.165, 1.54) is 42.5 Å². The second-order valence-corrected chi connectivity index (χ2v) is 5.87. The summed E-state index contributed by atoms with van der Waals surface area (Å²) in [7, 11) is 0. The number of nitrogens with one attached hydrogen (secondary N) is 1. The average molecular weight is 231 g/mol. The molecule has 4 heteroatoms. The highest BCUT2D eigenvalue weighted by Gasteiger charge is 2.27. The van der Waals surface area contributed by atoms with Crippen molar-refractivity contribution in [2.45, 2.75) is 38.0 Å². The van der Waals surface area contributed by atoms with Crippen molar-refractivity contribution in [1.29, 1.82) is 0 Å². The van der Waals surface area contributed by atoms with E-state index in [-0.39, 0.29) is 0 Å². The first-order chi connectivity index (χ1) is 7.90. The molecule has 0 saturated heterocycles. The molecule has 0 amide bonds. The van der Waals surface area contributed by atoms with Crippen molar-refractivity contribution in [2.24, 2.45) is 0 Å². The van der Waals surface area contributed by atoms with E-state index in [2.05, 4.69) is 21.2 Å². The van der Waals surface area contributed by atoms with Gasteiger partial charge in [0.05, 0.1) is 4.88 Å². The summed E-state index contributed by atoms with van der Waals surface area (Å²) in [4.78, 5) is 7.39. The van der Waals surface area contributed by atoms with Gasteiger partial charge in [-0.25, -0.2) is 4.98 Å². The van der Waals surface area contributed by atoms with Crippen LogP contribution in [0.1, 0.15) is 41.4 Å². The molecular weight excluding hydrogens is 218 g/mol. The molecule has 0 aliphatic heterocycles. The van der Waals surface area contributed by atoms with Gasteiger partial charge in [-0.15, -0.1) is 11.3 Å². The predicted molar refractivity (Wildman–Crippen MR) is 63.7 cm³/mol. The summed E-state index contributed by atoms with van der Waals surface area (Å²) < 4.78 is 0. The Morgan fingerprint density at radius 3 is 3.06 bits per heavy atom. The van der Waals surface area contributed by atoms with E-state index in [0.717, 1.165) is 11.6 Å². The van der Waals surface area contributed by atoms with Gasteiger partial charge in [0.1, 0.15) is 5.82 Å². The Kier molecular flexibility index (Phi) is 1.77. The van der Waals surface area contributed by atoms with Gasteiger partial charge in [-0.1, -0.05) is 0 Å². The zero-order chi connectivity index (χ0) is 10.5. The summed E-state index contributed by atoms with van der Waals surface area (Å²) in [6, 6.07) is 2.28. The summed E-state index contributed by atoms with van der Waals surface area (Å²) in [6.07, 6.45) is 6.36. The molecule has 4 rings (SSSR count). The summed E-state index contributed by atoms with van der Waals surface area (Å²) in [5, 5.41) is 7.41. The van der Waals surface area contributed by atoms with Gasteiger partial charge in [0.2, 0.25) is 0 Å². The number of fused-ring (bicyclic) bond motifs is 1. The van der Waals surface area contributed by atoms with Crippen LogP contribution in [-0.4, -0.2) is 15.2 Å². The number of hydrogen-bond donors (Lipinski definition) is 1. The minimum atomic E-state index is 0.660. The van der Waals surface area contributed by atoms with Crippen LogP contribution in [0.15, 0.2) is 6.07 Å². The van der Waals surface area contributed by atoms with E-state index in [9.17, 15) is 0 Å². The molecule has 2 aromatic rings. The number of thiophene rings is 1. The molecule has 2 heterocycles. The molecular formula is C12H13N3S. The van der Waals surface area contributed by atoms with E-state index >= 15 is 0 Å². The van der Waals surface area contributed by atoms with E-state index in [1.807, 2.05) is 11.3 Å². The molecule has 0 spiro atoms. The van der Waals surface area contributed by atoms with Gasteiger partial charge in [-0.05, 0) is 43.7 Å². The maximum absolute atomic E-state index is 4.60. The normalized spacial score (nSPS) is 19.0. The predicted octanol–water partition coefficient (Wildman–Crippen LogP) is 2.90. The average Bonchev–Trinajstić information content (AvgIpc) is 2.75. The first-order valence-electron chi connectivity index (χ1n) is 5.94. The number of nitrogens with zero attached hydrogens (tertiary/aromatic N) is 2. The highest BCUT2D eigenvalue weighted by molar-refractivity contribution is 7.15. The minimum Gasteiger partial charge on any atom is -0.262 e. The first-order valence-corrected chi connectivity index (χ1v) is 6.76. The molecule has 1 saturated carbocycles. The Morgan fingerprint density at radius 2 is 2.25 bits per heavy atom. The smallest absolute Gasteiger partial charge is 0.191 e. The van der Waals surface area contributed by atoms with E-state index in [1.54, 1.807) is 4.88 Å². The monoisotopic (exact) mass is 231 g/mol. The van der Waals surface area contributed by atoms with Crippen molar-refractivity contribution in [2.75, 3.05) is 0 Å². The Hall–Kier alpha value is -1.16. The Labute approximate surface area is 97.9 Å². The van der Waals surface area contributed by atoms with Crippen molar-refractivity contribution in [3.8, 4) is 10.7 Å². The SMILES string of the molecule is c1c(-c2n[nH]c(C3CC3)n2)sc2c1CCC2. The summed E-state index contributed by atoms with van der Waals surface area (Å²) in [6.45, 7) is 0. The molecule has 3 nitrogen and oxygen atoms in total. The fourth-order valence-corrected chi connectivity index (χ4v) is 3.55. The number of aromatic nitrogens is 3. The van der Waals surface area contributed by atoms with Crippen LogP contribution in [0.5, 0.6) is 0 Å². The standard InChI is InChI=1S/C12H13N3S/c1-2-8-6-10(16-9(8)3-1)12-13-11(14-15-12)7-4-5-7/h6-7H,1-5H2,(H,13,14,15). The van der Waals surface area contributed by atoms with E-state index in [4.69, 9.17) is 0 Å². The van der Waals surface area contributed by atoms with Crippen molar-refractivity contribution in [3.63, 3.8) is 0 Å². The van der Waals surface area contributed by atoms with Crippen LogP contribution < -0.4 is 0 Å². The number of aryl methyl sites for hydroxylation is 2. The lowest BCUT2D eigenvalue weighted by Gasteiger charge is -1.88. The maximum atomic E-state index is 4.60. The van der Waals surface area contributed by atoms with Crippen LogP contribution in [0.25, 0.3) is 10.7 Å². The Morgan fingerprint density at radius 1 is 1.31 bits per heavy atom. The molecule has 2 aliphatic carbocycles. The molecule has 2 aromatic heterocycles. The van der Waals surface area contributed by atoms with E-state index in [0.29, 0.717) is 5.92 Å². The number of rotatable bonds is 2. The van der Waals surface area contributed by atoms with Gasteiger partial charge in [0.15, 0.2) is 5.82 Å². The van der Waals surface area contributed by atoms with Crippen LogP contribution in [0.2, 0.25) is 0 Å². The molecule has 16 heavy (non-hydrogen) atoms. The maximum Gasteiger partial charge on any atom is 0.191 e. The third-order valence-corrected chi connectivity index (χ3v) is 4.67. The molecule has 2 aliphatic rings. The number of aromatic amines is 1. The first kappa shape index (κ1) is 8.93. The second kappa shape index (κ2) is 3.17. The van der Waals surface area contributed by atoms with Crippen molar-refractivity contribution in [3.05, 3.63) is 22.3 Å². The van der Waals surface area contributed by atoms with Crippen molar-refractivity contribution >= 4 is 11.3 Å². The van der Waals surface area contributed by atoms with Gasteiger partial charge >= 0.3 is 0 Å². The summed E-state index contributed by atoms with van der Waals surface area (Å²) in [5.74, 6) is 2.65. The van der Waals surface area contributed by atoms with Crippen molar-refractivity contribution < 1.29 is 0 Å². The zero-order valence-corrected chi connectivity index (χ0v) is 9.81. The molecule has 1 N–H and O–H groups in total. The van der Waals surface area contributed by atoms with Gasteiger partial charge in [-0.3, -0.25) is 5.10 Å². The highest BCUT2D eigenvalue weighted by atomic mass is 32.1. The topological polar surface area (TPSA) is 41.6 Å². The minimum absolute atomic E-state index is 0.660. The summed E-state index contributed by atoms with van der Waals surface area (Å²) in [5.41, 5.74) is 1.53. The molecule has 0 unspecified atom stereocenters. The molecule has 82 valence electrons. The van der Waals surface area contributed by atoms with Gasteiger partial charge in [0.25, 0.3) is 0 Å². The molecule has 0 radical (unpaired) electrons.